The molecule has 1 aliphatic carbocycles. The monoisotopic (exact) mass is 178 g/mol. The zero-order chi connectivity index (χ0) is 8.55. The van der Waals surface area contributed by atoms with Crippen molar-refractivity contribution in [2.24, 2.45) is 0 Å². The summed E-state index contributed by atoms with van der Waals surface area (Å²) in [4.78, 5) is 0. The molecule has 0 spiro atoms. The highest BCUT2D eigenvalue weighted by molar-refractivity contribution is 6.49. The SMILES string of the molecule is CC1=C(Cl)c2ccccc2CC1. The fraction of sp³-hybridized carbons (Fsp3) is 0.273. The topological polar surface area (TPSA) is 0 Å². The number of benzene rings is 1. The van der Waals surface area contributed by atoms with E-state index in [0.29, 0.717) is 0 Å². The van der Waals surface area contributed by atoms with Crippen LogP contribution in [0.1, 0.15) is 24.5 Å². The summed E-state index contributed by atoms with van der Waals surface area (Å²) in [5.74, 6) is 0. The van der Waals surface area contributed by atoms with Gasteiger partial charge in [0.25, 0.3) is 0 Å². The number of hydrogen-bond acceptors (Lipinski definition) is 0. The minimum atomic E-state index is 0.955. The van der Waals surface area contributed by atoms with E-state index >= 15 is 0 Å². The van der Waals surface area contributed by atoms with E-state index in [9.17, 15) is 0 Å². The first kappa shape index (κ1) is 7.88. The van der Waals surface area contributed by atoms with Gasteiger partial charge in [-0.1, -0.05) is 41.4 Å². The lowest BCUT2D eigenvalue weighted by Gasteiger charge is -2.16. The Labute approximate surface area is 77.9 Å². The molecule has 1 aliphatic rings. The zero-order valence-corrected chi connectivity index (χ0v) is 7.86. The minimum Gasteiger partial charge on any atom is -0.0837 e. The van der Waals surface area contributed by atoms with E-state index in [1.807, 2.05) is 6.07 Å². The molecule has 0 bridgehead atoms. The predicted molar refractivity (Wildman–Crippen MR) is 53.2 cm³/mol. The molecule has 0 atom stereocenters. The van der Waals surface area contributed by atoms with Crippen molar-refractivity contribution in [2.75, 3.05) is 0 Å². The first-order valence-corrected chi connectivity index (χ1v) is 4.60. The van der Waals surface area contributed by atoms with E-state index < -0.39 is 0 Å². The van der Waals surface area contributed by atoms with Crippen molar-refractivity contribution in [2.45, 2.75) is 19.8 Å². The van der Waals surface area contributed by atoms with Crippen LogP contribution in [-0.2, 0) is 6.42 Å². The maximum atomic E-state index is 6.18. The highest BCUT2D eigenvalue weighted by atomic mass is 35.5. The summed E-state index contributed by atoms with van der Waals surface area (Å²) >= 11 is 6.18. The van der Waals surface area contributed by atoms with Crippen LogP contribution in [0, 0.1) is 0 Å². The third kappa shape index (κ3) is 1.16. The normalized spacial score (nSPS) is 16.2. The molecule has 2 rings (SSSR count). The molecule has 0 nitrogen and oxygen atoms in total. The van der Waals surface area contributed by atoms with Gasteiger partial charge in [0.1, 0.15) is 0 Å². The van der Waals surface area contributed by atoms with Crippen molar-refractivity contribution in [1.29, 1.82) is 0 Å². The standard InChI is InChI=1S/C11H11Cl/c1-8-6-7-9-4-2-3-5-10(9)11(8)12/h2-5H,6-7H2,1H3. The van der Waals surface area contributed by atoms with Gasteiger partial charge < -0.3 is 0 Å². The van der Waals surface area contributed by atoms with Crippen LogP contribution in [0.3, 0.4) is 0 Å². The average molecular weight is 179 g/mol. The molecule has 1 aromatic carbocycles. The van der Waals surface area contributed by atoms with Gasteiger partial charge in [-0.25, -0.2) is 0 Å². The van der Waals surface area contributed by atoms with E-state index in [4.69, 9.17) is 11.6 Å². The highest BCUT2D eigenvalue weighted by Crippen LogP contribution is 2.33. The Bertz CT molecular complexity index is 337. The van der Waals surface area contributed by atoms with Crippen LogP contribution >= 0.6 is 11.6 Å². The smallest absolute Gasteiger partial charge is 0.0470 e. The van der Waals surface area contributed by atoms with Crippen molar-refractivity contribution in [3.05, 3.63) is 41.0 Å². The maximum Gasteiger partial charge on any atom is 0.0470 e. The first-order chi connectivity index (χ1) is 5.79. The van der Waals surface area contributed by atoms with Gasteiger partial charge in [0.2, 0.25) is 0 Å². The summed E-state index contributed by atoms with van der Waals surface area (Å²) < 4.78 is 0. The second-order valence-corrected chi connectivity index (χ2v) is 3.63. The van der Waals surface area contributed by atoms with Crippen molar-refractivity contribution in [3.8, 4) is 0 Å². The van der Waals surface area contributed by atoms with Crippen molar-refractivity contribution >= 4 is 16.6 Å². The molecule has 62 valence electrons. The van der Waals surface area contributed by atoms with Crippen LogP contribution in [0.2, 0.25) is 0 Å². The summed E-state index contributed by atoms with van der Waals surface area (Å²) in [6, 6.07) is 8.37. The van der Waals surface area contributed by atoms with E-state index in [2.05, 4.69) is 25.1 Å². The summed E-state index contributed by atoms with van der Waals surface area (Å²) in [5.41, 5.74) is 3.92. The molecule has 0 aliphatic heterocycles. The van der Waals surface area contributed by atoms with E-state index in [0.717, 1.165) is 17.9 Å². The van der Waals surface area contributed by atoms with Gasteiger partial charge in [0, 0.05) is 5.03 Å². The van der Waals surface area contributed by atoms with E-state index in [-0.39, 0.29) is 0 Å². The third-order valence-corrected chi connectivity index (χ3v) is 2.92. The largest absolute Gasteiger partial charge is 0.0837 e. The van der Waals surface area contributed by atoms with E-state index in [1.54, 1.807) is 0 Å². The number of hydrogen-bond donors (Lipinski definition) is 0. The van der Waals surface area contributed by atoms with Crippen LogP contribution in [-0.4, -0.2) is 0 Å². The van der Waals surface area contributed by atoms with E-state index in [1.165, 1.54) is 16.7 Å². The maximum absolute atomic E-state index is 6.18. The summed E-state index contributed by atoms with van der Waals surface area (Å²) in [6.07, 6.45) is 2.24. The Morgan fingerprint density at radius 3 is 2.75 bits per heavy atom. The Balaban J connectivity index is 2.59. The fourth-order valence-corrected chi connectivity index (χ4v) is 1.89. The van der Waals surface area contributed by atoms with Gasteiger partial charge in [0.15, 0.2) is 0 Å². The van der Waals surface area contributed by atoms with Crippen LogP contribution in [0.15, 0.2) is 29.8 Å². The van der Waals surface area contributed by atoms with Crippen LogP contribution in [0.25, 0.3) is 5.03 Å². The van der Waals surface area contributed by atoms with Crippen LogP contribution in [0.5, 0.6) is 0 Å². The molecule has 1 aromatic rings. The summed E-state index contributed by atoms with van der Waals surface area (Å²) in [7, 11) is 0. The lowest BCUT2D eigenvalue weighted by atomic mass is 9.93. The molecule has 0 unspecified atom stereocenters. The second-order valence-electron chi connectivity index (χ2n) is 3.25. The zero-order valence-electron chi connectivity index (χ0n) is 7.10. The Hall–Kier alpha value is -0.750. The molecule has 0 radical (unpaired) electrons. The molecular formula is C11H11Cl. The van der Waals surface area contributed by atoms with Crippen LogP contribution < -0.4 is 0 Å². The number of allylic oxidation sites excluding steroid dienone is 1. The van der Waals surface area contributed by atoms with Gasteiger partial charge in [-0.15, -0.1) is 0 Å². The molecule has 0 saturated carbocycles. The molecule has 1 heteroatoms. The molecule has 12 heavy (non-hydrogen) atoms. The third-order valence-electron chi connectivity index (χ3n) is 2.40. The molecular weight excluding hydrogens is 168 g/mol. The average Bonchev–Trinajstić information content (AvgIpc) is 2.12. The number of aryl methyl sites for hydroxylation is 1. The molecule has 0 N–H and O–H groups in total. The number of fused-ring (bicyclic) bond motifs is 1. The Morgan fingerprint density at radius 2 is 1.92 bits per heavy atom. The highest BCUT2D eigenvalue weighted by Gasteiger charge is 2.13. The second kappa shape index (κ2) is 2.95. The first-order valence-electron chi connectivity index (χ1n) is 4.22. The molecule has 0 aromatic heterocycles. The lowest BCUT2D eigenvalue weighted by molar-refractivity contribution is 0.924. The lowest BCUT2D eigenvalue weighted by Crippen LogP contribution is -1.99. The molecule has 0 fully saturated rings. The van der Waals surface area contributed by atoms with Gasteiger partial charge in [-0.05, 0) is 30.9 Å². The quantitative estimate of drug-likeness (QED) is 0.570. The van der Waals surface area contributed by atoms with Crippen LogP contribution in [0.4, 0.5) is 0 Å². The van der Waals surface area contributed by atoms with Gasteiger partial charge in [-0.2, -0.15) is 0 Å². The summed E-state index contributed by atoms with van der Waals surface area (Å²) in [5, 5.41) is 0.955. The number of halogens is 1. The summed E-state index contributed by atoms with van der Waals surface area (Å²) in [6.45, 7) is 2.11. The van der Waals surface area contributed by atoms with Crippen molar-refractivity contribution in [1.82, 2.24) is 0 Å². The van der Waals surface area contributed by atoms with Gasteiger partial charge in [0.05, 0.1) is 0 Å². The van der Waals surface area contributed by atoms with Gasteiger partial charge >= 0.3 is 0 Å². The minimum absolute atomic E-state index is 0.955. The number of rotatable bonds is 0. The molecule has 0 saturated heterocycles. The Kier molecular flexibility index (Phi) is 1.93. The van der Waals surface area contributed by atoms with Gasteiger partial charge in [-0.3, -0.25) is 0 Å². The Morgan fingerprint density at radius 1 is 1.17 bits per heavy atom. The predicted octanol–water partition coefficient (Wildman–Crippen LogP) is 3.60. The molecule has 0 amide bonds. The fourth-order valence-electron chi connectivity index (χ4n) is 1.61. The van der Waals surface area contributed by atoms with Crippen molar-refractivity contribution < 1.29 is 0 Å². The molecule has 0 heterocycles. The van der Waals surface area contributed by atoms with Crippen molar-refractivity contribution in [3.63, 3.8) is 0 Å².